The minimum atomic E-state index is -2.85. The highest BCUT2D eigenvalue weighted by Crippen LogP contribution is 2.21. The van der Waals surface area contributed by atoms with E-state index in [2.05, 4.69) is 15.4 Å². The van der Waals surface area contributed by atoms with Gasteiger partial charge in [0.2, 0.25) is 5.91 Å². The van der Waals surface area contributed by atoms with E-state index in [1.54, 1.807) is 12.1 Å². The van der Waals surface area contributed by atoms with E-state index in [0.717, 1.165) is 18.5 Å². The van der Waals surface area contributed by atoms with Crippen LogP contribution in [0.25, 0.3) is 0 Å². The van der Waals surface area contributed by atoms with E-state index in [1.807, 2.05) is 6.92 Å². The monoisotopic (exact) mass is 284 g/mol. The molecular formula is C14H18F2N2O2. The van der Waals surface area contributed by atoms with Crippen molar-refractivity contribution in [3.63, 3.8) is 0 Å². The van der Waals surface area contributed by atoms with Gasteiger partial charge in [-0.15, -0.1) is 0 Å². The van der Waals surface area contributed by atoms with E-state index < -0.39 is 6.61 Å². The number of hydrogen-bond donors (Lipinski definition) is 2. The molecular weight excluding hydrogens is 266 g/mol. The molecule has 1 saturated heterocycles. The summed E-state index contributed by atoms with van der Waals surface area (Å²) in [5.74, 6) is 0.0711. The van der Waals surface area contributed by atoms with E-state index in [-0.39, 0.29) is 23.6 Å². The number of alkyl halides is 2. The van der Waals surface area contributed by atoms with Gasteiger partial charge in [0.15, 0.2) is 0 Å². The standard InChI is InChI=1S/C14H18F2N2O2/c1-9(18-13(19)11-5-6-17-8-11)10-3-2-4-12(7-10)20-14(15)16/h2-4,7,9,11,14,17H,5-6,8H2,1H3,(H,18,19). The Morgan fingerprint density at radius 1 is 1.50 bits per heavy atom. The zero-order valence-corrected chi connectivity index (χ0v) is 11.2. The van der Waals surface area contributed by atoms with Crippen molar-refractivity contribution >= 4 is 5.91 Å². The van der Waals surface area contributed by atoms with Gasteiger partial charge in [-0.05, 0) is 37.6 Å². The number of hydrogen-bond acceptors (Lipinski definition) is 3. The summed E-state index contributed by atoms with van der Waals surface area (Å²) < 4.78 is 28.7. The molecule has 2 atom stereocenters. The van der Waals surface area contributed by atoms with Crippen LogP contribution in [-0.2, 0) is 4.79 Å². The van der Waals surface area contributed by atoms with E-state index >= 15 is 0 Å². The molecule has 1 aromatic rings. The topological polar surface area (TPSA) is 50.4 Å². The van der Waals surface area contributed by atoms with Crippen LogP contribution in [0.3, 0.4) is 0 Å². The molecule has 20 heavy (non-hydrogen) atoms. The highest BCUT2D eigenvalue weighted by molar-refractivity contribution is 5.79. The van der Waals surface area contributed by atoms with Crippen LogP contribution < -0.4 is 15.4 Å². The minimum Gasteiger partial charge on any atom is -0.435 e. The summed E-state index contributed by atoms with van der Waals surface area (Å²) >= 11 is 0. The van der Waals surface area contributed by atoms with E-state index in [1.165, 1.54) is 12.1 Å². The summed E-state index contributed by atoms with van der Waals surface area (Å²) in [5.41, 5.74) is 0.738. The number of nitrogens with one attached hydrogen (secondary N) is 2. The van der Waals surface area contributed by atoms with Gasteiger partial charge in [0, 0.05) is 6.54 Å². The van der Waals surface area contributed by atoms with Crippen molar-refractivity contribution in [2.24, 2.45) is 5.92 Å². The van der Waals surface area contributed by atoms with E-state index in [4.69, 9.17) is 0 Å². The van der Waals surface area contributed by atoms with Crippen molar-refractivity contribution in [2.45, 2.75) is 26.0 Å². The van der Waals surface area contributed by atoms with E-state index in [9.17, 15) is 13.6 Å². The lowest BCUT2D eigenvalue weighted by molar-refractivity contribution is -0.125. The first-order valence-electron chi connectivity index (χ1n) is 6.62. The Kier molecular flexibility index (Phi) is 4.89. The summed E-state index contributed by atoms with van der Waals surface area (Å²) in [4.78, 5) is 12.0. The number of carbonyl (C=O) groups excluding carboxylic acids is 1. The molecule has 0 radical (unpaired) electrons. The highest BCUT2D eigenvalue weighted by Gasteiger charge is 2.23. The first-order chi connectivity index (χ1) is 9.56. The maximum atomic E-state index is 12.2. The molecule has 2 rings (SSSR count). The fourth-order valence-corrected chi connectivity index (χ4v) is 2.25. The second-order valence-electron chi connectivity index (χ2n) is 4.87. The van der Waals surface area contributed by atoms with Crippen LogP contribution in [0.1, 0.15) is 24.9 Å². The third-order valence-electron chi connectivity index (χ3n) is 3.37. The van der Waals surface area contributed by atoms with Gasteiger partial charge in [0.25, 0.3) is 0 Å². The smallest absolute Gasteiger partial charge is 0.387 e. The van der Waals surface area contributed by atoms with Crippen LogP contribution >= 0.6 is 0 Å². The minimum absolute atomic E-state index is 0.0114. The number of rotatable bonds is 5. The Morgan fingerprint density at radius 3 is 2.95 bits per heavy atom. The van der Waals surface area contributed by atoms with Crippen molar-refractivity contribution in [3.8, 4) is 5.75 Å². The maximum absolute atomic E-state index is 12.2. The Labute approximate surface area is 116 Å². The average Bonchev–Trinajstić information content (AvgIpc) is 2.92. The van der Waals surface area contributed by atoms with Gasteiger partial charge < -0.3 is 15.4 Å². The lowest BCUT2D eigenvalue weighted by Gasteiger charge is -2.17. The van der Waals surface area contributed by atoms with E-state index in [0.29, 0.717) is 6.54 Å². The molecule has 1 aliphatic rings. The maximum Gasteiger partial charge on any atom is 0.387 e. The molecule has 2 N–H and O–H groups in total. The summed E-state index contributed by atoms with van der Waals surface area (Å²) in [6.45, 7) is 0.513. The van der Waals surface area contributed by atoms with Crippen molar-refractivity contribution in [1.82, 2.24) is 10.6 Å². The lowest BCUT2D eigenvalue weighted by Crippen LogP contribution is -2.33. The Balaban J connectivity index is 1.97. The van der Waals surface area contributed by atoms with Crippen LogP contribution in [0.5, 0.6) is 5.75 Å². The molecule has 2 unspecified atom stereocenters. The zero-order chi connectivity index (χ0) is 14.5. The molecule has 0 bridgehead atoms. The molecule has 1 aliphatic heterocycles. The van der Waals surface area contributed by atoms with Gasteiger partial charge in [-0.2, -0.15) is 8.78 Å². The summed E-state index contributed by atoms with van der Waals surface area (Å²) in [7, 11) is 0. The first-order valence-corrected chi connectivity index (χ1v) is 6.62. The first kappa shape index (κ1) is 14.7. The van der Waals surface area contributed by atoms with Crippen molar-refractivity contribution in [3.05, 3.63) is 29.8 Å². The Bertz CT molecular complexity index is 462. The number of amides is 1. The number of ether oxygens (including phenoxy) is 1. The Hall–Kier alpha value is -1.69. The molecule has 4 nitrogen and oxygen atoms in total. The van der Waals surface area contributed by atoms with Gasteiger partial charge in [-0.1, -0.05) is 12.1 Å². The van der Waals surface area contributed by atoms with Crippen LogP contribution in [-0.4, -0.2) is 25.6 Å². The normalized spacial score (nSPS) is 19.9. The molecule has 1 heterocycles. The quantitative estimate of drug-likeness (QED) is 0.870. The fraction of sp³-hybridized carbons (Fsp3) is 0.500. The van der Waals surface area contributed by atoms with Crippen molar-refractivity contribution < 1.29 is 18.3 Å². The van der Waals surface area contributed by atoms with Gasteiger partial charge in [-0.3, -0.25) is 4.79 Å². The fourth-order valence-electron chi connectivity index (χ4n) is 2.25. The van der Waals surface area contributed by atoms with Crippen LogP contribution in [0.15, 0.2) is 24.3 Å². The largest absolute Gasteiger partial charge is 0.435 e. The van der Waals surface area contributed by atoms with Crippen LogP contribution in [0.4, 0.5) is 8.78 Å². The lowest BCUT2D eigenvalue weighted by atomic mass is 10.0. The molecule has 6 heteroatoms. The molecule has 1 aromatic carbocycles. The Morgan fingerprint density at radius 2 is 2.30 bits per heavy atom. The molecule has 0 saturated carbocycles. The SMILES string of the molecule is CC(NC(=O)C1CCNC1)c1cccc(OC(F)F)c1. The van der Waals surface area contributed by atoms with Crippen LogP contribution in [0, 0.1) is 5.92 Å². The molecule has 110 valence electrons. The second-order valence-corrected chi connectivity index (χ2v) is 4.87. The number of benzene rings is 1. The van der Waals surface area contributed by atoms with Gasteiger partial charge in [-0.25, -0.2) is 0 Å². The predicted molar refractivity (Wildman–Crippen MR) is 70.6 cm³/mol. The average molecular weight is 284 g/mol. The molecule has 0 aliphatic carbocycles. The summed E-state index contributed by atoms with van der Waals surface area (Å²) in [5, 5.41) is 6.03. The number of carbonyl (C=O) groups is 1. The van der Waals surface area contributed by atoms with Crippen molar-refractivity contribution in [1.29, 1.82) is 0 Å². The third-order valence-corrected chi connectivity index (χ3v) is 3.37. The molecule has 0 spiro atoms. The third kappa shape index (κ3) is 3.90. The molecule has 0 aromatic heterocycles. The summed E-state index contributed by atoms with van der Waals surface area (Å²) in [6, 6.07) is 6.14. The molecule has 1 amide bonds. The van der Waals surface area contributed by atoms with Gasteiger partial charge in [0.1, 0.15) is 5.75 Å². The zero-order valence-electron chi connectivity index (χ0n) is 11.2. The molecule has 1 fully saturated rings. The predicted octanol–water partition coefficient (Wildman–Crippen LogP) is 2.07. The van der Waals surface area contributed by atoms with Gasteiger partial charge in [0.05, 0.1) is 12.0 Å². The van der Waals surface area contributed by atoms with Gasteiger partial charge >= 0.3 is 6.61 Å². The van der Waals surface area contributed by atoms with Crippen LogP contribution in [0.2, 0.25) is 0 Å². The highest BCUT2D eigenvalue weighted by atomic mass is 19.3. The summed E-state index contributed by atoms with van der Waals surface area (Å²) in [6.07, 6.45) is 0.826. The number of halogens is 2. The second kappa shape index (κ2) is 6.65. The van der Waals surface area contributed by atoms with Crippen molar-refractivity contribution in [2.75, 3.05) is 13.1 Å².